The lowest BCUT2D eigenvalue weighted by Gasteiger charge is -2.35. The summed E-state index contributed by atoms with van der Waals surface area (Å²) in [5.74, 6) is 0.120. The third-order valence-electron chi connectivity index (χ3n) is 4.67. The Hall–Kier alpha value is -1.56. The normalized spacial score (nSPS) is 17.1. The van der Waals surface area contributed by atoms with E-state index in [2.05, 4.69) is 16.9 Å². The number of H-pyrrole nitrogens is 1. The van der Waals surface area contributed by atoms with Crippen molar-refractivity contribution >= 4 is 5.91 Å². The van der Waals surface area contributed by atoms with Gasteiger partial charge in [0.2, 0.25) is 5.91 Å². The van der Waals surface area contributed by atoms with Crippen LogP contribution >= 0.6 is 0 Å². The highest BCUT2D eigenvalue weighted by atomic mass is 16.2. The van der Waals surface area contributed by atoms with E-state index >= 15 is 0 Å². The van der Waals surface area contributed by atoms with Gasteiger partial charge in [-0.05, 0) is 46.8 Å². The molecule has 6 nitrogen and oxygen atoms in total. The Balaban J connectivity index is 1.91. The van der Waals surface area contributed by atoms with Crippen LogP contribution in [0.3, 0.4) is 0 Å². The maximum Gasteiger partial charge on any atom is 0.325 e. The predicted molar refractivity (Wildman–Crippen MR) is 82.4 cm³/mol. The Labute approximate surface area is 125 Å². The number of nitrogens with zero attached hydrogens (tertiary/aromatic N) is 3. The number of aromatic amines is 1. The predicted octanol–water partition coefficient (Wildman–Crippen LogP) is 0.736. The average Bonchev–Trinajstić information content (AvgIpc) is 2.70. The van der Waals surface area contributed by atoms with Gasteiger partial charge in [-0.25, -0.2) is 4.79 Å². The van der Waals surface area contributed by atoms with Crippen molar-refractivity contribution in [3.05, 3.63) is 21.9 Å². The summed E-state index contributed by atoms with van der Waals surface area (Å²) in [5.41, 5.74) is 1.66. The molecular weight excluding hydrogens is 268 g/mol. The second kappa shape index (κ2) is 6.47. The van der Waals surface area contributed by atoms with E-state index < -0.39 is 0 Å². The van der Waals surface area contributed by atoms with E-state index in [1.807, 2.05) is 25.8 Å². The van der Waals surface area contributed by atoms with Crippen LogP contribution in [-0.4, -0.2) is 58.5 Å². The molecule has 0 radical (unpaired) electrons. The van der Waals surface area contributed by atoms with E-state index in [4.69, 9.17) is 0 Å². The van der Waals surface area contributed by atoms with E-state index in [1.54, 1.807) is 4.57 Å². The molecule has 2 heterocycles. The molecule has 1 amide bonds. The van der Waals surface area contributed by atoms with Gasteiger partial charge in [-0.15, -0.1) is 0 Å². The molecule has 0 aliphatic carbocycles. The fourth-order valence-corrected chi connectivity index (χ4v) is 2.91. The Bertz CT molecular complexity index is 553. The fraction of sp³-hybridized carbons (Fsp3) is 0.733. The van der Waals surface area contributed by atoms with Crippen molar-refractivity contribution in [1.82, 2.24) is 19.4 Å². The number of nitrogens with one attached hydrogen (secondary N) is 1. The summed E-state index contributed by atoms with van der Waals surface area (Å²) in [6, 6.07) is 0.333. The Morgan fingerprint density at radius 2 is 1.95 bits per heavy atom. The molecule has 21 heavy (non-hydrogen) atoms. The van der Waals surface area contributed by atoms with Crippen molar-refractivity contribution in [2.24, 2.45) is 0 Å². The van der Waals surface area contributed by atoms with Crippen molar-refractivity contribution in [1.29, 1.82) is 0 Å². The average molecular weight is 294 g/mol. The number of amides is 1. The molecule has 0 bridgehead atoms. The highest BCUT2D eigenvalue weighted by Gasteiger charge is 2.23. The highest BCUT2D eigenvalue weighted by molar-refractivity contribution is 5.76. The first kappa shape index (κ1) is 15.8. The topological polar surface area (TPSA) is 61.3 Å². The number of imidazole rings is 1. The van der Waals surface area contributed by atoms with Crippen molar-refractivity contribution in [2.75, 3.05) is 27.2 Å². The molecule has 118 valence electrons. The number of aryl methyl sites for hydroxylation is 1. The third-order valence-corrected chi connectivity index (χ3v) is 4.67. The number of carbonyl (C=O) groups excluding carboxylic acids is 1. The number of rotatable bonds is 4. The third kappa shape index (κ3) is 3.56. The highest BCUT2D eigenvalue weighted by Crippen LogP contribution is 2.15. The van der Waals surface area contributed by atoms with Gasteiger partial charge in [0.05, 0.1) is 0 Å². The molecule has 1 aliphatic heterocycles. The Morgan fingerprint density at radius 3 is 2.48 bits per heavy atom. The zero-order valence-corrected chi connectivity index (χ0v) is 13.5. The summed E-state index contributed by atoms with van der Waals surface area (Å²) in [6.45, 7) is 6.30. The van der Waals surface area contributed by atoms with Crippen molar-refractivity contribution in [3.63, 3.8) is 0 Å². The molecule has 2 rings (SSSR count). The van der Waals surface area contributed by atoms with Crippen molar-refractivity contribution < 1.29 is 4.79 Å². The van der Waals surface area contributed by atoms with Gasteiger partial charge in [-0.1, -0.05) is 0 Å². The summed E-state index contributed by atoms with van der Waals surface area (Å²) in [4.78, 5) is 31.0. The molecule has 0 atom stereocenters. The lowest BCUT2D eigenvalue weighted by molar-refractivity contribution is -0.133. The lowest BCUT2D eigenvalue weighted by Crippen LogP contribution is -2.44. The number of hydrogen-bond donors (Lipinski definition) is 1. The molecular formula is C15H26N4O2. The lowest BCUT2D eigenvalue weighted by atomic mass is 10.0. The summed E-state index contributed by atoms with van der Waals surface area (Å²) in [5, 5.41) is 0. The maximum absolute atomic E-state index is 12.3. The van der Waals surface area contributed by atoms with Gasteiger partial charge < -0.3 is 14.8 Å². The zero-order chi connectivity index (χ0) is 15.6. The van der Waals surface area contributed by atoms with Gasteiger partial charge in [-0.2, -0.15) is 0 Å². The van der Waals surface area contributed by atoms with Gasteiger partial charge in [-0.3, -0.25) is 9.36 Å². The summed E-state index contributed by atoms with van der Waals surface area (Å²) >= 11 is 0. The molecule has 1 aliphatic rings. The number of aromatic nitrogens is 2. The van der Waals surface area contributed by atoms with Crippen LogP contribution < -0.4 is 5.69 Å². The molecule has 1 fully saturated rings. The van der Waals surface area contributed by atoms with E-state index in [1.165, 1.54) is 0 Å². The smallest absolute Gasteiger partial charge is 0.325 e. The quantitative estimate of drug-likeness (QED) is 0.891. The van der Waals surface area contributed by atoms with Crippen LogP contribution in [0, 0.1) is 13.8 Å². The largest absolute Gasteiger partial charge is 0.343 e. The van der Waals surface area contributed by atoms with E-state index in [0.29, 0.717) is 19.0 Å². The monoisotopic (exact) mass is 294 g/mol. The van der Waals surface area contributed by atoms with Crippen molar-refractivity contribution in [3.8, 4) is 0 Å². The summed E-state index contributed by atoms with van der Waals surface area (Å²) < 4.78 is 1.65. The van der Waals surface area contributed by atoms with Crippen LogP contribution in [0.15, 0.2) is 4.79 Å². The SMILES string of the molecule is Cc1[nH]c(=O)n(CCC(=O)N(C)C2CCN(C)CC2)c1C. The standard InChI is InChI=1S/C15H26N4O2/c1-11-12(2)19(15(21)16-11)10-7-14(20)18(4)13-5-8-17(3)9-6-13/h13H,5-10H2,1-4H3,(H,16,21). The Kier molecular flexibility index (Phi) is 4.88. The second-order valence-corrected chi connectivity index (χ2v) is 6.08. The molecule has 0 unspecified atom stereocenters. The summed E-state index contributed by atoms with van der Waals surface area (Å²) in [7, 11) is 4.00. The van der Waals surface area contributed by atoms with Crippen LogP contribution in [0.2, 0.25) is 0 Å². The van der Waals surface area contributed by atoms with Crippen LogP contribution in [0.25, 0.3) is 0 Å². The first-order valence-corrected chi connectivity index (χ1v) is 7.60. The molecule has 6 heteroatoms. The molecule has 0 aromatic carbocycles. The number of hydrogen-bond acceptors (Lipinski definition) is 3. The Morgan fingerprint density at radius 1 is 1.33 bits per heavy atom. The minimum atomic E-state index is -0.125. The molecule has 0 saturated carbocycles. The minimum Gasteiger partial charge on any atom is -0.343 e. The zero-order valence-electron chi connectivity index (χ0n) is 13.5. The van der Waals surface area contributed by atoms with Gasteiger partial charge in [0.15, 0.2) is 0 Å². The fourth-order valence-electron chi connectivity index (χ4n) is 2.91. The van der Waals surface area contributed by atoms with E-state index in [-0.39, 0.29) is 11.6 Å². The molecule has 1 saturated heterocycles. The molecule has 1 aromatic heterocycles. The van der Waals surface area contributed by atoms with Crippen LogP contribution in [0.1, 0.15) is 30.7 Å². The first-order valence-electron chi connectivity index (χ1n) is 7.60. The first-order chi connectivity index (χ1) is 9.90. The van der Waals surface area contributed by atoms with E-state index in [0.717, 1.165) is 37.3 Å². The van der Waals surface area contributed by atoms with Gasteiger partial charge in [0.25, 0.3) is 0 Å². The summed E-state index contributed by atoms with van der Waals surface area (Å²) in [6.07, 6.45) is 2.43. The van der Waals surface area contributed by atoms with Gasteiger partial charge in [0, 0.05) is 37.4 Å². The van der Waals surface area contributed by atoms with Gasteiger partial charge in [0.1, 0.15) is 0 Å². The second-order valence-electron chi connectivity index (χ2n) is 6.08. The van der Waals surface area contributed by atoms with Gasteiger partial charge >= 0.3 is 5.69 Å². The van der Waals surface area contributed by atoms with Crippen LogP contribution in [-0.2, 0) is 11.3 Å². The minimum absolute atomic E-state index is 0.120. The molecule has 1 N–H and O–H groups in total. The maximum atomic E-state index is 12.3. The number of piperidine rings is 1. The van der Waals surface area contributed by atoms with E-state index in [9.17, 15) is 9.59 Å². The van der Waals surface area contributed by atoms with Crippen LogP contribution in [0.4, 0.5) is 0 Å². The number of carbonyl (C=O) groups is 1. The van der Waals surface area contributed by atoms with Crippen LogP contribution in [0.5, 0.6) is 0 Å². The number of likely N-dealkylation sites (tertiary alicyclic amines) is 1. The molecule has 1 aromatic rings. The molecule has 0 spiro atoms. The van der Waals surface area contributed by atoms with Crippen molar-refractivity contribution in [2.45, 2.75) is 45.7 Å².